The number of carbonyl (C=O) groups is 3. The minimum atomic E-state index is -5.23. The number of halogens is 3. The third kappa shape index (κ3) is 4.70. The van der Waals surface area contributed by atoms with Crippen LogP contribution in [0.25, 0.3) is 0 Å². The number of carboxylic acids is 2. The van der Waals surface area contributed by atoms with E-state index in [1.165, 1.54) is 0 Å². The Kier molecular flexibility index (Phi) is 4.92. The molecule has 9 heteroatoms. The molecule has 0 spiro atoms. The van der Waals surface area contributed by atoms with Crippen LogP contribution in [0.2, 0.25) is 0 Å². The second-order valence-corrected chi connectivity index (χ2v) is 3.15. The molecule has 0 aliphatic rings. The van der Waals surface area contributed by atoms with Gasteiger partial charge in [0.2, 0.25) is 0 Å². The molecule has 0 saturated heterocycles. The van der Waals surface area contributed by atoms with Crippen LogP contribution in [0.5, 0.6) is 0 Å². The largest absolute Gasteiger partial charge is 0.481 e. The van der Waals surface area contributed by atoms with E-state index in [2.05, 4.69) is 0 Å². The van der Waals surface area contributed by atoms with Gasteiger partial charge in [0, 0.05) is 6.54 Å². The molecule has 0 bridgehead atoms. The lowest BCUT2D eigenvalue weighted by Gasteiger charge is -2.26. The van der Waals surface area contributed by atoms with Crippen LogP contribution in [-0.4, -0.2) is 51.7 Å². The van der Waals surface area contributed by atoms with E-state index in [1.54, 1.807) is 0 Å². The molecule has 1 unspecified atom stereocenters. The first-order valence-electron chi connectivity index (χ1n) is 4.39. The maximum Gasteiger partial charge on any atom is 0.471 e. The summed E-state index contributed by atoms with van der Waals surface area (Å²) in [5, 5.41) is 16.8. The first-order chi connectivity index (χ1) is 7.57. The Bertz CT molecular complexity index is 328. The van der Waals surface area contributed by atoms with E-state index < -0.39 is 43.0 Å². The topological polar surface area (TPSA) is 94.9 Å². The molecule has 0 aromatic rings. The van der Waals surface area contributed by atoms with Crippen molar-refractivity contribution in [3.8, 4) is 0 Å². The van der Waals surface area contributed by atoms with Crippen LogP contribution in [0, 0.1) is 0 Å². The number of rotatable bonds is 5. The normalized spacial score (nSPS) is 12.9. The summed E-state index contributed by atoms with van der Waals surface area (Å²) in [5.74, 6) is -5.44. The van der Waals surface area contributed by atoms with E-state index in [0.717, 1.165) is 6.92 Å². The number of nitrogens with zero attached hydrogens (tertiary/aromatic N) is 1. The molecule has 0 rings (SSSR count). The minimum absolute atomic E-state index is 0.0313. The van der Waals surface area contributed by atoms with E-state index in [4.69, 9.17) is 10.2 Å². The van der Waals surface area contributed by atoms with Crippen LogP contribution in [0.15, 0.2) is 0 Å². The summed E-state index contributed by atoms with van der Waals surface area (Å²) in [6.45, 7) is 0.0506. The van der Waals surface area contributed by atoms with Gasteiger partial charge in [0.25, 0.3) is 0 Å². The first-order valence-corrected chi connectivity index (χ1v) is 4.39. The average molecular weight is 257 g/mol. The Morgan fingerprint density at radius 1 is 1.24 bits per heavy atom. The van der Waals surface area contributed by atoms with Crippen LogP contribution in [0.4, 0.5) is 13.2 Å². The third-order valence-electron chi connectivity index (χ3n) is 1.89. The van der Waals surface area contributed by atoms with Crippen LogP contribution in [-0.2, 0) is 14.4 Å². The van der Waals surface area contributed by atoms with Gasteiger partial charge in [-0.2, -0.15) is 13.2 Å². The fourth-order valence-corrected chi connectivity index (χ4v) is 0.983. The average Bonchev–Trinajstić information content (AvgIpc) is 2.15. The van der Waals surface area contributed by atoms with E-state index >= 15 is 0 Å². The molecular weight excluding hydrogens is 247 g/mol. The van der Waals surface area contributed by atoms with Crippen molar-refractivity contribution in [2.45, 2.75) is 25.6 Å². The lowest BCUT2D eigenvalue weighted by Crippen LogP contribution is -2.49. The molecule has 1 atom stereocenters. The number of hydrogen-bond acceptors (Lipinski definition) is 3. The summed E-state index contributed by atoms with van der Waals surface area (Å²) < 4.78 is 36.3. The highest BCUT2D eigenvalue weighted by Crippen LogP contribution is 2.20. The van der Waals surface area contributed by atoms with Crippen molar-refractivity contribution in [3.05, 3.63) is 0 Å². The Morgan fingerprint density at radius 3 is 2.00 bits per heavy atom. The van der Waals surface area contributed by atoms with Crippen molar-refractivity contribution in [1.29, 1.82) is 0 Å². The zero-order chi connectivity index (χ0) is 13.8. The molecule has 6 nitrogen and oxygen atoms in total. The summed E-state index contributed by atoms with van der Waals surface area (Å²) >= 11 is 0. The fourth-order valence-electron chi connectivity index (χ4n) is 0.983. The van der Waals surface area contributed by atoms with Crippen molar-refractivity contribution in [1.82, 2.24) is 4.90 Å². The van der Waals surface area contributed by atoms with Gasteiger partial charge in [-0.05, 0) is 6.92 Å². The molecule has 0 fully saturated rings. The van der Waals surface area contributed by atoms with Gasteiger partial charge in [-0.3, -0.25) is 9.59 Å². The van der Waals surface area contributed by atoms with Crippen molar-refractivity contribution in [3.63, 3.8) is 0 Å². The Balaban J connectivity index is 4.91. The number of carbonyl (C=O) groups excluding carboxylic acids is 1. The van der Waals surface area contributed by atoms with Gasteiger partial charge in [0.15, 0.2) is 0 Å². The number of amides is 1. The summed E-state index contributed by atoms with van der Waals surface area (Å²) in [7, 11) is 0. The molecule has 0 aromatic heterocycles. The maximum absolute atomic E-state index is 12.1. The second kappa shape index (κ2) is 5.51. The lowest BCUT2D eigenvalue weighted by atomic mass is 10.2. The predicted molar refractivity (Wildman–Crippen MR) is 47.1 cm³/mol. The molecule has 0 aliphatic carbocycles. The number of carboxylic acid groups (broad SMARTS) is 2. The smallest absolute Gasteiger partial charge is 0.471 e. The standard InChI is InChI=1S/C8H10F3NO5/c1-4(6(15)16)12(3-2-5(13)14)7(17)8(9,10)11/h4H,2-3H2,1H3,(H,13,14)(H,15,16). The highest BCUT2D eigenvalue weighted by atomic mass is 19.4. The molecule has 0 aromatic carbocycles. The Hall–Kier alpha value is -1.80. The van der Waals surface area contributed by atoms with Gasteiger partial charge in [0.05, 0.1) is 6.42 Å². The fraction of sp³-hybridized carbons (Fsp3) is 0.625. The highest BCUT2D eigenvalue weighted by Gasteiger charge is 2.45. The molecule has 0 heterocycles. The monoisotopic (exact) mass is 257 g/mol. The van der Waals surface area contributed by atoms with Crippen LogP contribution >= 0.6 is 0 Å². The summed E-state index contributed by atoms with van der Waals surface area (Å²) in [5.41, 5.74) is 0. The van der Waals surface area contributed by atoms with E-state index in [0.29, 0.717) is 0 Å². The van der Waals surface area contributed by atoms with Gasteiger partial charge < -0.3 is 15.1 Å². The first kappa shape index (κ1) is 15.2. The molecular formula is C8H10F3NO5. The van der Waals surface area contributed by atoms with Crippen LogP contribution < -0.4 is 0 Å². The van der Waals surface area contributed by atoms with Crippen molar-refractivity contribution in [2.24, 2.45) is 0 Å². The molecule has 0 radical (unpaired) electrons. The zero-order valence-electron chi connectivity index (χ0n) is 8.69. The maximum atomic E-state index is 12.1. The minimum Gasteiger partial charge on any atom is -0.481 e. The molecule has 1 amide bonds. The quantitative estimate of drug-likeness (QED) is 0.739. The highest BCUT2D eigenvalue weighted by molar-refractivity contribution is 5.87. The SMILES string of the molecule is CC(C(=O)O)N(CCC(=O)O)C(=O)C(F)(F)F. The van der Waals surface area contributed by atoms with Gasteiger partial charge in [-0.15, -0.1) is 0 Å². The number of aliphatic carboxylic acids is 2. The van der Waals surface area contributed by atoms with E-state index in [1.807, 2.05) is 0 Å². The van der Waals surface area contributed by atoms with Crippen molar-refractivity contribution < 1.29 is 37.8 Å². The Labute approximate surface area is 93.6 Å². The second-order valence-electron chi connectivity index (χ2n) is 3.15. The van der Waals surface area contributed by atoms with Gasteiger partial charge >= 0.3 is 24.0 Å². The van der Waals surface area contributed by atoms with Gasteiger partial charge in [-0.25, -0.2) is 4.79 Å². The van der Waals surface area contributed by atoms with Crippen LogP contribution in [0.3, 0.4) is 0 Å². The van der Waals surface area contributed by atoms with Crippen molar-refractivity contribution >= 4 is 17.8 Å². The molecule has 2 N–H and O–H groups in total. The van der Waals surface area contributed by atoms with Gasteiger partial charge in [0.1, 0.15) is 6.04 Å². The third-order valence-corrected chi connectivity index (χ3v) is 1.89. The molecule has 0 aliphatic heterocycles. The van der Waals surface area contributed by atoms with Crippen LogP contribution in [0.1, 0.15) is 13.3 Å². The number of hydrogen-bond donors (Lipinski definition) is 2. The van der Waals surface area contributed by atoms with E-state index in [-0.39, 0.29) is 4.90 Å². The van der Waals surface area contributed by atoms with Crippen molar-refractivity contribution in [2.75, 3.05) is 6.54 Å². The molecule has 98 valence electrons. The number of alkyl halides is 3. The van der Waals surface area contributed by atoms with E-state index in [9.17, 15) is 27.6 Å². The summed E-state index contributed by atoms with van der Waals surface area (Å²) in [6, 6.07) is -1.75. The Morgan fingerprint density at radius 2 is 1.71 bits per heavy atom. The zero-order valence-corrected chi connectivity index (χ0v) is 8.69. The van der Waals surface area contributed by atoms with Gasteiger partial charge in [-0.1, -0.05) is 0 Å². The summed E-state index contributed by atoms with van der Waals surface area (Å²) in [4.78, 5) is 31.5. The lowest BCUT2D eigenvalue weighted by molar-refractivity contribution is -0.189. The summed E-state index contributed by atoms with van der Waals surface area (Å²) in [6.07, 6.45) is -6.00. The predicted octanol–water partition coefficient (Wildman–Crippen LogP) is 0.325. The molecule has 17 heavy (non-hydrogen) atoms. The molecule has 0 saturated carbocycles.